The molecule has 0 aliphatic heterocycles. The average molecular weight is 368 g/mol. The molecule has 1 saturated carbocycles. The highest BCUT2D eigenvalue weighted by Crippen LogP contribution is 2.44. The van der Waals surface area contributed by atoms with E-state index in [1.54, 1.807) is 6.92 Å². The molecule has 1 fully saturated rings. The number of hydrogen-bond acceptors (Lipinski definition) is 2. The molecule has 0 spiro atoms. The summed E-state index contributed by atoms with van der Waals surface area (Å²) in [6, 6.07) is 11.7. The Hall–Kier alpha value is -2.69. The maximum atomic E-state index is 13.4. The van der Waals surface area contributed by atoms with Gasteiger partial charge in [-0.3, -0.25) is 9.59 Å². The summed E-state index contributed by atoms with van der Waals surface area (Å²) < 4.78 is 13.4. The fraction of sp³-hybridized carbons (Fsp3) is 0.364. The molecule has 0 heterocycles. The Morgan fingerprint density at radius 1 is 1.11 bits per heavy atom. The number of halogens is 1. The maximum absolute atomic E-state index is 13.4. The van der Waals surface area contributed by atoms with E-state index in [0.29, 0.717) is 23.4 Å². The maximum Gasteiger partial charge on any atom is 0.255 e. The van der Waals surface area contributed by atoms with Gasteiger partial charge < -0.3 is 10.6 Å². The van der Waals surface area contributed by atoms with E-state index in [1.165, 1.54) is 18.2 Å². The molecular weight excluding hydrogens is 343 g/mol. The quantitative estimate of drug-likeness (QED) is 0.797. The first kappa shape index (κ1) is 19.1. The summed E-state index contributed by atoms with van der Waals surface area (Å²) in [4.78, 5) is 25.0. The van der Waals surface area contributed by atoms with Crippen molar-refractivity contribution in [1.29, 1.82) is 0 Å². The van der Waals surface area contributed by atoms with Crippen LogP contribution in [0.2, 0.25) is 0 Å². The lowest BCUT2D eigenvalue weighted by molar-refractivity contribution is -0.129. The Bertz CT molecular complexity index is 842. The molecule has 0 saturated heterocycles. The van der Waals surface area contributed by atoms with Crippen molar-refractivity contribution in [3.8, 4) is 0 Å². The second-order valence-electron chi connectivity index (χ2n) is 7.19. The van der Waals surface area contributed by atoms with Gasteiger partial charge in [-0.15, -0.1) is 0 Å². The Morgan fingerprint density at radius 2 is 1.81 bits per heavy atom. The minimum absolute atomic E-state index is 0.0918. The van der Waals surface area contributed by atoms with Gasteiger partial charge in [0.15, 0.2) is 0 Å². The van der Waals surface area contributed by atoms with E-state index in [2.05, 4.69) is 10.6 Å². The molecule has 0 atom stereocenters. The van der Waals surface area contributed by atoms with Crippen LogP contribution in [0.4, 0.5) is 10.1 Å². The van der Waals surface area contributed by atoms with Gasteiger partial charge in [0.05, 0.1) is 5.41 Å². The van der Waals surface area contributed by atoms with Crippen molar-refractivity contribution < 1.29 is 14.0 Å². The van der Waals surface area contributed by atoms with Crippen molar-refractivity contribution >= 4 is 17.5 Å². The fourth-order valence-corrected chi connectivity index (χ4v) is 3.45. The van der Waals surface area contributed by atoms with E-state index < -0.39 is 5.41 Å². The zero-order valence-electron chi connectivity index (χ0n) is 15.8. The fourth-order valence-electron chi connectivity index (χ4n) is 3.45. The minimum atomic E-state index is -0.439. The van der Waals surface area contributed by atoms with Crippen LogP contribution in [0.15, 0.2) is 42.5 Å². The summed E-state index contributed by atoms with van der Waals surface area (Å²) >= 11 is 0. The highest BCUT2D eigenvalue weighted by atomic mass is 19.1. The first-order valence-electron chi connectivity index (χ1n) is 9.42. The number of carbonyl (C=O) groups excluding carboxylic acids is 2. The van der Waals surface area contributed by atoms with Crippen LogP contribution in [0.3, 0.4) is 0 Å². The summed E-state index contributed by atoms with van der Waals surface area (Å²) in [7, 11) is 0. The number of hydrogen-bond donors (Lipinski definition) is 2. The molecule has 5 heteroatoms. The van der Waals surface area contributed by atoms with Gasteiger partial charge in [0.1, 0.15) is 5.82 Å². The minimum Gasteiger partial charge on any atom is -0.355 e. The van der Waals surface area contributed by atoms with Gasteiger partial charge in [0.25, 0.3) is 5.91 Å². The van der Waals surface area contributed by atoms with Crippen LogP contribution in [-0.2, 0) is 10.2 Å². The molecule has 142 valence electrons. The van der Waals surface area contributed by atoms with Crippen LogP contribution in [0, 0.1) is 12.7 Å². The number of benzene rings is 2. The third-order valence-corrected chi connectivity index (χ3v) is 5.29. The standard InChI is InChI=1S/C22H25FN2O2/c1-3-13-24-21(27)22(11-4-12-22)17-6-8-18(9-7-17)25-20(26)16-5-10-19(23)15(2)14-16/h5-10,14H,3-4,11-13H2,1-2H3,(H,24,27)(H,25,26). The van der Waals surface area contributed by atoms with Crippen molar-refractivity contribution in [1.82, 2.24) is 5.32 Å². The highest BCUT2D eigenvalue weighted by Gasteiger charge is 2.45. The number of anilines is 1. The van der Waals surface area contributed by atoms with E-state index in [0.717, 1.165) is 31.2 Å². The van der Waals surface area contributed by atoms with Gasteiger partial charge in [-0.05, 0) is 67.6 Å². The summed E-state index contributed by atoms with van der Waals surface area (Å²) in [6.07, 6.45) is 3.66. The lowest BCUT2D eigenvalue weighted by atomic mass is 9.64. The lowest BCUT2D eigenvalue weighted by Crippen LogP contribution is -2.49. The lowest BCUT2D eigenvalue weighted by Gasteiger charge is -2.40. The first-order chi connectivity index (χ1) is 13.0. The van der Waals surface area contributed by atoms with Crippen molar-refractivity contribution in [2.75, 3.05) is 11.9 Å². The second kappa shape index (κ2) is 7.91. The smallest absolute Gasteiger partial charge is 0.255 e. The molecule has 2 aromatic carbocycles. The predicted octanol–water partition coefficient (Wildman–Crippen LogP) is 4.33. The van der Waals surface area contributed by atoms with Gasteiger partial charge in [-0.2, -0.15) is 0 Å². The van der Waals surface area contributed by atoms with E-state index in [9.17, 15) is 14.0 Å². The van der Waals surface area contributed by atoms with Gasteiger partial charge in [-0.25, -0.2) is 4.39 Å². The average Bonchev–Trinajstić information content (AvgIpc) is 2.62. The van der Waals surface area contributed by atoms with Crippen LogP contribution in [0.25, 0.3) is 0 Å². The Kier molecular flexibility index (Phi) is 5.59. The highest BCUT2D eigenvalue weighted by molar-refractivity contribution is 6.04. The van der Waals surface area contributed by atoms with Crippen molar-refractivity contribution in [2.45, 2.75) is 44.9 Å². The van der Waals surface area contributed by atoms with Crippen molar-refractivity contribution in [2.24, 2.45) is 0 Å². The third kappa shape index (κ3) is 3.87. The number of rotatable bonds is 6. The van der Waals surface area contributed by atoms with Crippen LogP contribution >= 0.6 is 0 Å². The summed E-state index contributed by atoms with van der Waals surface area (Å²) in [5.74, 6) is -0.526. The van der Waals surface area contributed by atoms with Gasteiger partial charge >= 0.3 is 0 Å². The SMILES string of the molecule is CCCNC(=O)C1(c2ccc(NC(=O)c3ccc(F)c(C)c3)cc2)CCC1. The molecule has 2 amide bonds. The monoisotopic (exact) mass is 368 g/mol. The van der Waals surface area contributed by atoms with Crippen molar-refractivity contribution in [3.63, 3.8) is 0 Å². The molecule has 1 aliphatic rings. The first-order valence-corrected chi connectivity index (χ1v) is 9.42. The number of carbonyl (C=O) groups is 2. The molecule has 0 aromatic heterocycles. The van der Waals surface area contributed by atoms with Crippen molar-refractivity contribution in [3.05, 3.63) is 65.0 Å². The second-order valence-corrected chi connectivity index (χ2v) is 7.19. The van der Waals surface area contributed by atoms with E-state index in [-0.39, 0.29) is 17.6 Å². The normalized spacial score (nSPS) is 14.9. The molecule has 0 radical (unpaired) electrons. The summed E-state index contributed by atoms with van der Waals surface area (Å²) in [5.41, 5.74) is 2.04. The Morgan fingerprint density at radius 3 is 2.37 bits per heavy atom. The molecule has 1 aliphatic carbocycles. The van der Waals surface area contributed by atoms with E-state index in [4.69, 9.17) is 0 Å². The largest absolute Gasteiger partial charge is 0.355 e. The molecule has 27 heavy (non-hydrogen) atoms. The number of aryl methyl sites for hydroxylation is 1. The Balaban J connectivity index is 1.72. The predicted molar refractivity (Wildman–Crippen MR) is 104 cm³/mol. The van der Waals surface area contributed by atoms with Gasteiger partial charge in [0, 0.05) is 17.8 Å². The zero-order valence-corrected chi connectivity index (χ0v) is 15.8. The molecule has 3 rings (SSSR count). The molecular formula is C22H25FN2O2. The van der Waals surface area contributed by atoms with E-state index in [1.807, 2.05) is 31.2 Å². The molecule has 2 N–H and O–H groups in total. The molecule has 2 aromatic rings. The van der Waals surface area contributed by atoms with Crippen LogP contribution in [0.5, 0.6) is 0 Å². The molecule has 4 nitrogen and oxygen atoms in total. The topological polar surface area (TPSA) is 58.2 Å². The van der Waals surface area contributed by atoms with E-state index >= 15 is 0 Å². The molecule has 0 unspecified atom stereocenters. The number of amides is 2. The zero-order chi connectivity index (χ0) is 19.4. The number of nitrogens with one attached hydrogen (secondary N) is 2. The Labute approximate surface area is 159 Å². The van der Waals surface area contributed by atoms with Crippen LogP contribution in [-0.4, -0.2) is 18.4 Å². The molecule has 0 bridgehead atoms. The third-order valence-electron chi connectivity index (χ3n) is 5.29. The summed E-state index contributed by atoms with van der Waals surface area (Å²) in [5, 5.41) is 5.83. The van der Waals surface area contributed by atoms with Crippen LogP contribution < -0.4 is 10.6 Å². The summed E-state index contributed by atoms with van der Waals surface area (Å²) in [6.45, 7) is 4.35. The van der Waals surface area contributed by atoms with Crippen LogP contribution in [0.1, 0.15) is 54.1 Å². The van der Waals surface area contributed by atoms with Gasteiger partial charge in [0.2, 0.25) is 5.91 Å². The van der Waals surface area contributed by atoms with Gasteiger partial charge in [-0.1, -0.05) is 25.5 Å².